The molecule has 4 rings (SSSR count). The molecular formula is C24H33IN6O4S. The molecule has 1 saturated carbocycles. The predicted octanol–water partition coefficient (Wildman–Crippen LogP) is 2.07. The highest BCUT2D eigenvalue weighted by molar-refractivity contribution is 14.1. The summed E-state index contributed by atoms with van der Waals surface area (Å²) in [5, 5.41) is 6.56. The van der Waals surface area contributed by atoms with Crippen LogP contribution in [0.4, 0.5) is 4.79 Å². The van der Waals surface area contributed by atoms with Gasteiger partial charge in [-0.3, -0.25) is 9.48 Å². The summed E-state index contributed by atoms with van der Waals surface area (Å²) in [6.07, 6.45) is 11.1. The van der Waals surface area contributed by atoms with Crippen LogP contribution in [0.25, 0.3) is 0 Å². The summed E-state index contributed by atoms with van der Waals surface area (Å²) < 4.78 is 29.7. The van der Waals surface area contributed by atoms with Crippen LogP contribution < -0.4 is 10.0 Å². The number of aromatic nitrogens is 2. The van der Waals surface area contributed by atoms with Crippen molar-refractivity contribution in [1.82, 2.24) is 29.6 Å². The summed E-state index contributed by atoms with van der Waals surface area (Å²) in [6, 6.07) is 0.193. The number of allylic oxidation sites excluding steroid dienone is 3. The van der Waals surface area contributed by atoms with Crippen molar-refractivity contribution in [2.45, 2.75) is 34.3 Å². The van der Waals surface area contributed by atoms with Gasteiger partial charge >= 0.3 is 6.03 Å². The van der Waals surface area contributed by atoms with Crippen molar-refractivity contribution in [2.24, 2.45) is 18.9 Å². The van der Waals surface area contributed by atoms with Crippen LogP contribution in [0.3, 0.4) is 0 Å². The maximum absolute atomic E-state index is 13.0. The SMILES string of the molecule is CN(C)CCCN(C)C(=O)c1cc(S(=O)(=O)NC(=O)NC2C3C=CC=C3C=C3C(I)CCC32)nn1C. The first kappa shape index (κ1) is 26.9. The number of sulfonamides is 1. The fraction of sp³-hybridized carbons (Fsp3) is 0.542. The number of nitrogens with zero attached hydrogens (tertiary/aromatic N) is 4. The average Bonchev–Trinajstić information content (AvgIpc) is 3.52. The van der Waals surface area contributed by atoms with E-state index in [4.69, 9.17) is 0 Å². The largest absolute Gasteiger partial charge is 0.340 e. The standard InChI is InChI=1S/C24H33IN6O4S/c1-29(2)11-6-12-30(3)23(32)20-14-21(27-31(20)4)36(34,35)28-24(33)26-22-16-8-5-7-15(16)13-18-17(22)9-10-19(18)25/h5,7-8,13-14,16-17,19,22H,6,9-12H2,1-4H3,(H2,26,28,33). The molecule has 3 amide bonds. The highest BCUT2D eigenvalue weighted by Gasteiger charge is 2.43. The third-order valence-electron chi connectivity index (χ3n) is 6.99. The van der Waals surface area contributed by atoms with Crippen LogP contribution in [0, 0.1) is 11.8 Å². The Morgan fingerprint density at radius 2 is 1.97 bits per heavy atom. The zero-order chi connectivity index (χ0) is 26.2. The number of urea groups is 1. The van der Waals surface area contributed by atoms with Crippen LogP contribution >= 0.6 is 22.6 Å². The molecular weight excluding hydrogens is 595 g/mol. The Kier molecular flexibility index (Phi) is 7.95. The number of nitrogens with one attached hydrogen (secondary N) is 2. The monoisotopic (exact) mass is 628 g/mol. The van der Waals surface area contributed by atoms with Gasteiger partial charge in [0.25, 0.3) is 15.9 Å². The van der Waals surface area contributed by atoms with Crippen molar-refractivity contribution >= 4 is 44.6 Å². The van der Waals surface area contributed by atoms with E-state index in [1.165, 1.54) is 28.3 Å². The number of hydrogen-bond acceptors (Lipinski definition) is 6. The Labute approximate surface area is 226 Å². The summed E-state index contributed by atoms with van der Waals surface area (Å²) in [5.74, 6) is -0.138. The van der Waals surface area contributed by atoms with Crippen LogP contribution in [0.5, 0.6) is 0 Å². The van der Waals surface area contributed by atoms with Gasteiger partial charge < -0.3 is 15.1 Å². The molecule has 1 heterocycles. The lowest BCUT2D eigenvalue weighted by Gasteiger charge is -2.35. The Balaban J connectivity index is 1.43. The maximum atomic E-state index is 13.0. The molecule has 0 radical (unpaired) electrons. The van der Waals surface area contributed by atoms with Gasteiger partial charge in [0.1, 0.15) is 5.69 Å². The first-order valence-corrected chi connectivity index (χ1v) is 14.7. The number of alkyl halides is 1. The summed E-state index contributed by atoms with van der Waals surface area (Å²) in [4.78, 5) is 29.3. The van der Waals surface area contributed by atoms with Crippen molar-refractivity contribution in [3.05, 3.63) is 47.2 Å². The van der Waals surface area contributed by atoms with Gasteiger partial charge in [0, 0.05) is 48.5 Å². The smallest absolute Gasteiger partial charge is 0.329 e. The second-order valence-corrected chi connectivity index (χ2v) is 13.0. The van der Waals surface area contributed by atoms with Crippen molar-refractivity contribution < 1.29 is 18.0 Å². The minimum absolute atomic E-state index is 0.0241. The van der Waals surface area contributed by atoms with E-state index in [-0.39, 0.29) is 34.5 Å². The van der Waals surface area contributed by atoms with Crippen molar-refractivity contribution in [2.75, 3.05) is 34.2 Å². The van der Waals surface area contributed by atoms with Crippen molar-refractivity contribution in [3.8, 4) is 0 Å². The second kappa shape index (κ2) is 10.7. The number of aryl methyl sites for hydroxylation is 1. The third kappa shape index (κ3) is 5.54. The van der Waals surface area contributed by atoms with E-state index < -0.39 is 16.1 Å². The van der Waals surface area contributed by atoms with Gasteiger partial charge in [-0.25, -0.2) is 9.52 Å². The Hall–Kier alpha value is -2.19. The Morgan fingerprint density at radius 3 is 2.69 bits per heavy atom. The minimum atomic E-state index is -4.27. The lowest BCUT2D eigenvalue weighted by atomic mass is 9.76. The van der Waals surface area contributed by atoms with E-state index in [0.717, 1.165) is 31.4 Å². The molecule has 0 bridgehead atoms. The fourth-order valence-corrected chi connectivity index (χ4v) is 7.04. The number of amides is 3. The summed E-state index contributed by atoms with van der Waals surface area (Å²) in [7, 11) is 2.82. The van der Waals surface area contributed by atoms with Crippen LogP contribution in [0.2, 0.25) is 0 Å². The van der Waals surface area contributed by atoms with Gasteiger partial charge in [0.15, 0.2) is 5.03 Å². The predicted molar refractivity (Wildman–Crippen MR) is 145 cm³/mol. The maximum Gasteiger partial charge on any atom is 0.329 e. The van der Waals surface area contributed by atoms with E-state index in [2.05, 4.69) is 43.8 Å². The van der Waals surface area contributed by atoms with Crippen LogP contribution in [0.1, 0.15) is 29.8 Å². The first-order chi connectivity index (χ1) is 17.0. The summed E-state index contributed by atoms with van der Waals surface area (Å²) in [5.41, 5.74) is 2.58. The number of carbonyl (C=O) groups is 2. The number of carbonyl (C=O) groups excluding carboxylic acids is 2. The van der Waals surface area contributed by atoms with Gasteiger partial charge in [-0.05, 0) is 45.5 Å². The molecule has 1 aromatic rings. The quantitative estimate of drug-likeness (QED) is 0.337. The van der Waals surface area contributed by atoms with Gasteiger partial charge in [-0.1, -0.05) is 52.5 Å². The van der Waals surface area contributed by atoms with Crippen molar-refractivity contribution in [1.29, 1.82) is 0 Å². The normalized spacial score (nSPS) is 24.7. The van der Waals surface area contributed by atoms with Crippen LogP contribution in [-0.2, 0) is 17.1 Å². The van der Waals surface area contributed by atoms with Crippen LogP contribution in [0.15, 0.2) is 46.5 Å². The highest BCUT2D eigenvalue weighted by Crippen LogP contribution is 2.47. The fourth-order valence-electron chi connectivity index (χ4n) is 5.14. The Morgan fingerprint density at radius 1 is 1.22 bits per heavy atom. The van der Waals surface area contributed by atoms with E-state index in [1.54, 1.807) is 7.05 Å². The lowest BCUT2D eigenvalue weighted by molar-refractivity contribution is 0.0779. The topological polar surface area (TPSA) is 117 Å². The van der Waals surface area contributed by atoms with Gasteiger partial charge in [0.2, 0.25) is 0 Å². The molecule has 12 heteroatoms. The molecule has 0 spiro atoms. The summed E-state index contributed by atoms with van der Waals surface area (Å²) >= 11 is 2.44. The van der Waals surface area contributed by atoms with E-state index in [1.807, 2.05) is 37.2 Å². The minimum Gasteiger partial charge on any atom is -0.340 e. The van der Waals surface area contributed by atoms with E-state index in [0.29, 0.717) is 10.5 Å². The molecule has 0 aromatic carbocycles. The number of fused-ring (bicyclic) bond motifs is 2. The molecule has 4 atom stereocenters. The third-order valence-corrected chi connectivity index (χ3v) is 9.54. The molecule has 3 aliphatic rings. The molecule has 2 N–H and O–H groups in total. The van der Waals surface area contributed by atoms with Gasteiger partial charge in [-0.2, -0.15) is 13.5 Å². The van der Waals surface area contributed by atoms with E-state index in [9.17, 15) is 18.0 Å². The molecule has 1 fully saturated rings. The molecule has 4 unspecified atom stereocenters. The second-order valence-electron chi connectivity index (χ2n) is 9.85. The van der Waals surface area contributed by atoms with Crippen LogP contribution in [-0.4, -0.2) is 84.1 Å². The molecule has 10 nitrogen and oxygen atoms in total. The molecule has 1 aromatic heterocycles. The lowest BCUT2D eigenvalue weighted by Crippen LogP contribution is -2.51. The zero-order valence-electron chi connectivity index (χ0n) is 20.9. The number of halogens is 1. The Bertz CT molecular complexity index is 1240. The molecule has 196 valence electrons. The van der Waals surface area contributed by atoms with Crippen molar-refractivity contribution in [3.63, 3.8) is 0 Å². The van der Waals surface area contributed by atoms with Gasteiger partial charge in [0.05, 0.1) is 0 Å². The average molecular weight is 629 g/mol. The first-order valence-electron chi connectivity index (χ1n) is 12.0. The van der Waals surface area contributed by atoms with E-state index >= 15 is 0 Å². The summed E-state index contributed by atoms with van der Waals surface area (Å²) in [6.45, 7) is 1.35. The molecule has 36 heavy (non-hydrogen) atoms. The molecule has 0 aliphatic heterocycles. The van der Waals surface area contributed by atoms with Gasteiger partial charge in [-0.15, -0.1) is 0 Å². The number of hydrogen-bond donors (Lipinski definition) is 2. The molecule has 0 saturated heterocycles. The number of rotatable bonds is 8. The highest BCUT2D eigenvalue weighted by atomic mass is 127. The molecule has 3 aliphatic carbocycles. The zero-order valence-corrected chi connectivity index (χ0v) is 23.9.